The molecule has 0 spiro atoms. The Bertz CT molecular complexity index is 445. The maximum absolute atomic E-state index is 5.05. The van der Waals surface area contributed by atoms with Crippen molar-refractivity contribution in [3.63, 3.8) is 0 Å². The highest BCUT2D eigenvalue weighted by Crippen LogP contribution is 2.22. The molecule has 3 rings (SSSR count). The molecule has 3 heterocycles. The molecule has 2 saturated heterocycles. The molecule has 1 aromatic heterocycles. The first-order valence-corrected chi connectivity index (χ1v) is 6.07. The monoisotopic (exact) mass is 237 g/mol. The molecule has 2 fully saturated rings. The first-order valence-electron chi connectivity index (χ1n) is 5.66. The normalized spacial score (nSPS) is 28.4. The molecule has 0 radical (unpaired) electrons. The van der Waals surface area contributed by atoms with Crippen LogP contribution in [0.3, 0.4) is 0 Å². The van der Waals surface area contributed by atoms with Crippen LogP contribution in [-0.4, -0.2) is 40.1 Å². The Morgan fingerprint density at radius 1 is 1.25 bits per heavy atom. The molecule has 2 bridgehead atoms. The van der Waals surface area contributed by atoms with Gasteiger partial charge in [0, 0.05) is 25.2 Å². The Morgan fingerprint density at radius 2 is 1.94 bits per heavy atom. The third kappa shape index (κ3) is 1.82. The van der Waals surface area contributed by atoms with E-state index in [2.05, 4.69) is 25.2 Å². The first-order chi connectivity index (χ1) is 7.70. The zero-order valence-electron chi connectivity index (χ0n) is 9.23. The van der Waals surface area contributed by atoms with Crippen LogP contribution in [0.1, 0.15) is 18.7 Å². The highest BCUT2D eigenvalue weighted by molar-refractivity contribution is 7.71. The Labute approximate surface area is 99.3 Å². The Morgan fingerprint density at radius 3 is 2.56 bits per heavy atom. The average molecular weight is 237 g/mol. The summed E-state index contributed by atoms with van der Waals surface area (Å²) in [5.74, 6) is 1.71. The molecular weight excluding hydrogens is 222 g/mol. The zero-order chi connectivity index (χ0) is 11.1. The van der Waals surface area contributed by atoms with Crippen LogP contribution in [0.2, 0.25) is 0 Å². The van der Waals surface area contributed by atoms with Crippen LogP contribution < -0.4 is 10.2 Å². The van der Waals surface area contributed by atoms with Crippen LogP contribution in [0.5, 0.6) is 0 Å². The van der Waals surface area contributed by atoms with E-state index in [1.165, 1.54) is 12.8 Å². The molecule has 0 aromatic carbocycles. The number of piperazine rings is 1. The Hall–Kier alpha value is -1.01. The number of nitrogens with zero attached hydrogens (tertiary/aromatic N) is 3. The molecule has 0 amide bonds. The summed E-state index contributed by atoms with van der Waals surface area (Å²) in [6.07, 6.45) is 2.54. The van der Waals surface area contributed by atoms with Gasteiger partial charge in [0.2, 0.25) is 10.7 Å². The predicted octanol–water partition coefficient (Wildman–Crippen LogP) is 0.783. The van der Waals surface area contributed by atoms with Gasteiger partial charge in [-0.2, -0.15) is 4.98 Å². The van der Waals surface area contributed by atoms with Crippen molar-refractivity contribution in [2.24, 2.45) is 0 Å². The smallest absolute Gasteiger partial charge is 0.224 e. The molecule has 6 heteroatoms. The number of aromatic nitrogens is 3. The summed E-state index contributed by atoms with van der Waals surface area (Å²) in [5, 5.41) is 3.59. The number of H-pyrrole nitrogens is 1. The largest absolute Gasteiger partial charge is 0.339 e. The summed E-state index contributed by atoms with van der Waals surface area (Å²) < 4.78 is 0.428. The van der Waals surface area contributed by atoms with Gasteiger partial charge in [-0.3, -0.25) is 0 Å². The van der Waals surface area contributed by atoms with E-state index < -0.39 is 0 Å². The van der Waals surface area contributed by atoms with Crippen molar-refractivity contribution in [1.29, 1.82) is 0 Å². The van der Waals surface area contributed by atoms with Crippen molar-refractivity contribution in [3.8, 4) is 0 Å². The number of hydrogen-bond donors (Lipinski definition) is 2. The van der Waals surface area contributed by atoms with E-state index >= 15 is 0 Å². The van der Waals surface area contributed by atoms with E-state index in [0.29, 0.717) is 16.9 Å². The van der Waals surface area contributed by atoms with Crippen LogP contribution >= 0.6 is 12.2 Å². The lowest BCUT2D eigenvalue weighted by atomic mass is 10.2. The van der Waals surface area contributed by atoms with Crippen molar-refractivity contribution >= 4 is 18.2 Å². The maximum atomic E-state index is 5.05. The van der Waals surface area contributed by atoms with Crippen molar-refractivity contribution in [2.45, 2.75) is 31.8 Å². The van der Waals surface area contributed by atoms with Gasteiger partial charge in [-0.15, -0.1) is 0 Å². The van der Waals surface area contributed by atoms with Crippen molar-refractivity contribution in [1.82, 2.24) is 20.3 Å². The molecule has 2 unspecified atom stereocenters. The molecule has 0 aliphatic carbocycles. The van der Waals surface area contributed by atoms with Crippen molar-refractivity contribution < 1.29 is 0 Å². The van der Waals surface area contributed by atoms with Crippen LogP contribution in [0.4, 0.5) is 5.95 Å². The van der Waals surface area contributed by atoms with Gasteiger partial charge in [0.25, 0.3) is 0 Å². The van der Waals surface area contributed by atoms with Crippen LogP contribution in [0.15, 0.2) is 0 Å². The van der Waals surface area contributed by atoms with E-state index in [-0.39, 0.29) is 0 Å². The molecule has 5 nitrogen and oxygen atoms in total. The Balaban J connectivity index is 1.89. The summed E-state index contributed by atoms with van der Waals surface area (Å²) in [6.45, 7) is 3.94. The zero-order valence-corrected chi connectivity index (χ0v) is 10.0. The standard InChI is InChI=1S/C10H15N5S/c1-6-11-9(14-10(16)12-6)15-4-7-2-3-8(5-15)13-7/h7-8,13H,2-5H2,1H3,(H,11,12,14,16). The molecule has 0 saturated carbocycles. The number of aryl methyl sites for hydroxylation is 1. The van der Waals surface area contributed by atoms with Crippen LogP contribution in [-0.2, 0) is 0 Å². The second-order valence-corrected chi connectivity index (χ2v) is 4.95. The minimum Gasteiger partial charge on any atom is -0.339 e. The van der Waals surface area contributed by atoms with Crippen molar-refractivity contribution in [3.05, 3.63) is 10.6 Å². The molecule has 2 atom stereocenters. The predicted molar refractivity (Wildman–Crippen MR) is 64.1 cm³/mol. The molecule has 2 aliphatic rings. The fraction of sp³-hybridized carbons (Fsp3) is 0.700. The fourth-order valence-corrected chi connectivity index (χ4v) is 2.82. The number of fused-ring (bicyclic) bond motifs is 2. The van der Waals surface area contributed by atoms with Crippen LogP contribution in [0.25, 0.3) is 0 Å². The third-order valence-corrected chi connectivity index (χ3v) is 3.46. The lowest BCUT2D eigenvalue weighted by Gasteiger charge is -2.33. The SMILES string of the molecule is Cc1nc(=S)nc(N2CC3CCC(C2)N3)[nH]1. The van der Waals surface area contributed by atoms with Gasteiger partial charge in [-0.1, -0.05) is 0 Å². The fourth-order valence-electron chi connectivity index (χ4n) is 2.60. The highest BCUT2D eigenvalue weighted by Gasteiger charge is 2.32. The number of rotatable bonds is 1. The average Bonchev–Trinajstić information content (AvgIpc) is 2.56. The summed E-state index contributed by atoms with van der Waals surface area (Å²) >= 11 is 5.05. The second kappa shape index (κ2) is 3.78. The van der Waals surface area contributed by atoms with Crippen LogP contribution in [0, 0.1) is 11.7 Å². The second-order valence-electron chi connectivity index (χ2n) is 4.58. The lowest BCUT2D eigenvalue weighted by Crippen LogP contribution is -2.51. The van der Waals surface area contributed by atoms with Gasteiger partial charge >= 0.3 is 0 Å². The maximum Gasteiger partial charge on any atom is 0.224 e. The minimum absolute atomic E-state index is 0.428. The summed E-state index contributed by atoms with van der Waals surface area (Å²) in [5.41, 5.74) is 0. The van der Waals surface area contributed by atoms with E-state index in [1.54, 1.807) is 0 Å². The van der Waals surface area contributed by atoms with Crippen molar-refractivity contribution in [2.75, 3.05) is 18.0 Å². The van der Waals surface area contributed by atoms with Gasteiger partial charge in [0.1, 0.15) is 5.82 Å². The van der Waals surface area contributed by atoms with E-state index in [4.69, 9.17) is 12.2 Å². The van der Waals surface area contributed by atoms with Gasteiger partial charge < -0.3 is 15.2 Å². The topological polar surface area (TPSA) is 56.8 Å². The minimum atomic E-state index is 0.428. The molecule has 1 aromatic rings. The molecule has 16 heavy (non-hydrogen) atoms. The molecule has 86 valence electrons. The molecule has 2 N–H and O–H groups in total. The van der Waals surface area contributed by atoms with Gasteiger partial charge in [0.15, 0.2) is 0 Å². The molecular formula is C10H15N5S. The number of anilines is 1. The third-order valence-electron chi connectivity index (χ3n) is 3.27. The Kier molecular flexibility index (Phi) is 2.40. The van der Waals surface area contributed by atoms with Gasteiger partial charge in [-0.05, 0) is 32.0 Å². The summed E-state index contributed by atoms with van der Waals surface area (Å²) in [6, 6.07) is 1.21. The quantitative estimate of drug-likeness (QED) is 0.707. The summed E-state index contributed by atoms with van der Waals surface area (Å²) in [4.78, 5) is 13.9. The number of aromatic amines is 1. The number of hydrogen-bond acceptors (Lipinski definition) is 5. The van der Waals surface area contributed by atoms with Gasteiger partial charge in [-0.25, -0.2) is 4.98 Å². The molecule has 2 aliphatic heterocycles. The highest BCUT2D eigenvalue weighted by atomic mass is 32.1. The lowest BCUT2D eigenvalue weighted by molar-refractivity contribution is 0.460. The van der Waals surface area contributed by atoms with E-state index in [1.807, 2.05) is 6.92 Å². The summed E-state index contributed by atoms with van der Waals surface area (Å²) in [7, 11) is 0. The number of nitrogens with one attached hydrogen (secondary N) is 2. The van der Waals surface area contributed by atoms with Gasteiger partial charge in [0.05, 0.1) is 0 Å². The van der Waals surface area contributed by atoms with E-state index in [9.17, 15) is 0 Å². The first kappa shape index (κ1) is 10.2. The van der Waals surface area contributed by atoms with E-state index in [0.717, 1.165) is 24.9 Å².